The van der Waals surface area contributed by atoms with Gasteiger partial charge in [-0.2, -0.15) is 73.7 Å². The van der Waals surface area contributed by atoms with E-state index in [1.807, 2.05) is 0 Å². The quantitative estimate of drug-likeness (QED) is 0.308. The molecule has 0 aliphatic carbocycles. The van der Waals surface area contributed by atoms with E-state index in [9.17, 15) is 73.7 Å². The van der Waals surface area contributed by atoms with E-state index in [1.165, 1.54) is 24.3 Å². The summed E-state index contributed by atoms with van der Waals surface area (Å²) in [7, 11) is 0. The van der Waals surface area contributed by atoms with Crippen LogP contribution >= 0.6 is 0 Å². The normalized spacial score (nSPS) is 12.0. The number of pyridine rings is 2. The van der Waals surface area contributed by atoms with Gasteiger partial charge < -0.3 is 0 Å². The lowest BCUT2D eigenvalue weighted by Gasteiger charge is -2.18. The zero-order valence-electron chi connectivity index (χ0n) is 20.7. The van der Waals surface area contributed by atoms with Crippen LogP contribution < -0.4 is 10.4 Å². The number of benzene rings is 1. The fourth-order valence-electron chi connectivity index (χ4n) is 3.87. The number of hydrogen-bond acceptors (Lipinski definition) is 6. The molecule has 0 aliphatic rings. The van der Waals surface area contributed by atoms with E-state index in [0.29, 0.717) is 12.1 Å². The number of nitriles is 4. The van der Waals surface area contributed by atoms with Crippen molar-refractivity contribution in [1.29, 1.82) is 21.0 Å². The van der Waals surface area contributed by atoms with Crippen LogP contribution in [0.4, 0.5) is 52.7 Å². The molecule has 224 valence electrons. The van der Waals surface area contributed by atoms with Gasteiger partial charge in [-0.25, -0.2) is 0 Å². The molecule has 0 saturated heterocycles. The summed E-state index contributed by atoms with van der Waals surface area (Å²) in [4.78, 5) is 5.43. The van der Waals surface area contributed by atoms with Crippen molar-refractivity contribution < 1.29 is 52.7 Å². The summed E-state index contributed by atoms with van der Waals surface area (Å²) in [5.74, 6) is 0. The van der Waals surface area contributed by atoms with Crippen LogP contribution in [0.1, 0.15) is 22.5 Å². The van der Waals surface area contributed by atoms with Crippen LogP contribution in [-0.4, -0.2) is 9.97 Å². The third-order valence-electron chi connectivity index (χ3n) is 5.72. The van der Waals surface area contributed by atoms with Crippen molar-refractivity contribution in [3.63, 3.8) is 0 Å². The predicted molar refractivity (Wildman–Crippen MR) is 121 cm³/mol. The van der Waals surface area contributed by atoms with Crippen molar-refractivity contribution in [3.05, 3.63) is 69.6 Å². The standard InChI is InChI=1S/C26H6F12N6/c27-23(28,29)19-9-43-21(25(33,34)35)3-17(19)15-1-13(11(5-39)6-40)16(2-14(15)12(7-41)8-42)18-4-22(26(36,37)38)44-10-20(18)24(30,31)32/h1-4,9-10H. The Morgan fingerprint density at radius 1 is 0.455 bits per heavy atom. The summed E-state index contributed by atoms with van der Waals surface area (Å²) in [5.41, 5.74) is -15.2. The molecule has 0 saturated carbocycles. The summed E-state index contributed by atoms with van der Waals surface area (Å²) < 4.78 is 164. The molecular formula is C26H6F12N6. The van der Waals surface area contributed by atoms with Crippen LogP contribution in [0, 0.1) is 45.3 Å². The lowest BCUT2D eigenvalue weighted by atomic mass is 9.89. The molecule has 0 aliphatic heterocycles. The molecule has 3 aromatic rings. The summed E-state index contributed by atoms with van der Waals surface area (Å²) >= 11 is 0. The van der Waals surface area contributed by atoms with Gasteiger partial charge >= 0.3 is 24.7 Å². The van der Waals surface area contributed by atoms with Gasteiger partial charge in [0, 0.05) is 22.8 Å². The molecule has 1 aromatic carbocycles. The molecule has 0 atom stereocenters. The van der Waals surface area contributed by atoms with Crippen LogP contribution in [0.25, 0.3) is 33.4 Å². The molecule has 18 heteroatoms. The average Bonchev–Trinajstić information content (AvgIpc) is 2.92. The van der Waals surface area contributed by atoms with Gasteiger partial charge in [0.2, 0.25) is 0 Å². The lowest BCUT2D eigenvalue weighted by Crippen LogP contribution is -2.23. The molecule has 0 bridgehead atoms. The molecule has 3 rings (SSSR count). The van der Waals surface area contributed by atoms with E-state index >= 15 is 0 Å². The highest BCUT2D eigenvalue weighted by atomic mass is 19.4. The van der Waals surface area contributed by atoms with Crippen molar-refractivity contribution in [2.24, 2.45) is 0 Å². The summed E-state index contributed by atoms with van der Waals surface area (Å²) in [6, 6.07) is 5.07. The van der Waals surface area contributed by atoms with E-state index in [4.69, 9.17) is 0 Å². The second kappa shape index (κ2) is 11.2. The van der Waals surface area contributed by atoms with E-state index in [0.717, 1.165) is 0 Å². The van der Waals surface area contributed by atoms with Crippen molar-refractivity contribution in [1.82, 2.24) is 9.97 Å². The number of nitrogens with zero attached hydrogens (tertiary/aromatic N) is 6. The molecule has 0 spiro atoms. The molecule has 0 unspecified atom stereocenters. The van der Waals surface area contributed by atoms with E-state index in [2.05, 4.69) is 9.97 Å². The topological polar surface area (TPSA) is 121 Å². The average molecular weight is 630 g/mol. The largest absolute Gasteiger partial charge is 0.433 e. The van der Waals surface area contributed by atoms with Gasteiger partial charge in [0.15, 0.2) is 0 Å². The maximum atomic E-state index is 13.9. The first-order valence-corrected chi connectivity index (χ1v) is 11.0. The van der Waals surface area contributed by atoms with E-state index < -0.39 is 91.1 Å². The van der Waals surface area contributed by atoms with Crippen molar-refractivity contribution in [2.45, 2.75) is 24.7 Å². The molecule has 0 amide bonds. The SMILES string of the molecule is N#CC(C#N)=c1cc(-c2cc(C(F)(F)F)ncc2C(F)(F)F)c(=C(C#N)C#N)cc1-c1cc(C(F)(F)F)ncc1C(F)(F)F. The van der Waals surface area contributed by atoms with Crippen molar-refractivity contribution in [3.8, 4) is 46.5 Å². The Bertz CT molecular complexity index is 1780. The molecular weight excluding hydrogens is 624 g/mol. The highest BCUT2D eigenvalue weighted by Crippen LogP contribution is 2.41. The Labute approximate surface area is 236 Å². The Balaban J connectivity index is 2.80. The predicted octanol–water partition coefficient (Wildman–Crippen LogP) is 6.28. The zero-order chi connectivity index (χ0) is 33.4. The van der Waals surface area contributed by atoms with Gasteiger partial charge in [-0.3, -0.25) is 9.97 Å². The van der Waals surface area contributed by atoms with Crippen LogP contribution in [0.3, 0.4) is 0 Å². The number of aromatic nitrogens is 2. The first-order valence-electron chi connectivity index (χ1n) is 11.0. The monoisotopic (exact) mass is 630 g/mol. The van der Waals surface area contributed by atoms with Crippen molar-refractivity contribution in [2.75, 3.05) is 0 Å². The first-order chi connectivity index (χ1) is 20.2. The van der Waals surface area contributed by atoms with Crippen molar-refractivity contribution >= 4 is 11.1 Å². The number of rotatable bonds is 2. The zero-order valence-corrected chi connectivity index (χ0v) is 20.7. The van der Waals surface area contributed by atoms with Gasteiger partial charge in [0.05, 0.1) is 11.1 Å². The second-order valence-corrected chi connectivity index (χ2v) is 8.36. The minimum atomic E-state index is -5.48. The Morgan fingerprint density at radius 3 is 0.977 bits per heavy atom. The van der Waals surface area contributed by atoms with Crippen LogP contribution in [0.2, 0.25) is 0 Å². The summed E-state index contributed by atoms with van der Waals surface area (Å²) in [5, 5.41) is 35.7. The second-order valence-electron chi connectivity index (χ2n) is 8.36. The van der Waals surface area contributed by atoms with Gasteiger partial charge in [-0.15, -0.1) is 0 Å². The van der Waals surface area contributed by atoms with Gasteiger partial charge in [-0.1, -0.05) is 0 Å². The maximum absolute atomic E-state index is 13.9. The van der Waals surface area contributed by atoms with E-state index in [1.54, 1.807) is 0 Å². The highest BCUT2D eigenvalue weighted by Gasteiger charge is 2.41. The Kier molecular flexibility index (Phi) is 8.39. The van der Waals surface area contributed by atoms with Crippen LogP contribution in [0.5, 0.6) is 0 Å². The molecule has 6 nitrogen and oxygen atoms in total. The van der Waals surface area contributed by atoms with Gasteiger partial charge in [0.1, 0.15) is 46.8 Å². The lowest BCUT2D eigenvalue weighted by molar-refractivity contribution is -0.144. The number of hydrogen-bond donors (Lipinski definition) is 0. The minimum absolute atomic E-state index is 0.161. The molecule has 0 fully saturated rings. The molecule has 44 heavy (non-hydrogen) atoms. The molecule has 2 heterocycles. The minimum Gasteiger partial charge on any atom is -0.251 e. The Morgan fingerprint density at radius 2 is 0.750 bits per heavy atom. The maximum Gasteiger partial charge on any atom is 0.433 e. The summed E-state index contributed by atoms with van der Waals surface area (Å²) in [6.07, 6.45) is -22.2. The number of halogens is 12. The smallest absolute Gasteiger partial charge is 0.251 e. The highest BCUT2D eigenvalue weighted by molar-refractivity contribution is 5.86. The third-order valence-corrected chi connectivity index (χ3v) is 5.72. The van der Waals surface area contributed by atoms with Gasteiger partial charge in [-0.05, 0) is 46.5 Å². The Hall–Kier alpha value is -5.62. The first kappa shape index (κ1) is 32.9. The van der Waals surface area contributed by atoms with Crippen LogP contribution in [-0.2, 0) is 24.7 Å². The molecule has 0 N–H and O–H groups in total. The number of alkyl halides is 12. The van der Waals surface area contributed by atoms with Gasteiger partial charge in [0.25, 0.3) is 0 Å². The fraction of sp³-hybridized carbons (Fsp3) is 0.154. The fourth-order valence-corrected chi connectivity index (χ4v) is 3.87. The van der Waals surface area contributed by atoms with Crippen LogP contribution in [0.15, 0.2) is 36.7 Å². The molecule has 2 aromatic heterocycles. The summed E-state index contributed by atoms with van der Waals surface area (Å²) in [6.45, 7) is 0. The molecule has 0 radical (unpaired) electrons. The third kappa shape index (κ3) is 6.40. The van der Waals surface area contributed by atoms with E-state index in [-0.39, 0.29) is 24.5 Å².